The monoisotopic (exact) mass is 402 g/mol. The molecular formula is C25H38O4. The van der Waals surface area contributed by atoms with Crippen molar-refractivity contribution in [2.24, 2.45) is 11.8 Å². The Morgan fingerprint density at radius 1 is 1.14 bits per heavy atom. The highest BCUT2D eigenvalue weighted by Gasteiger charge is 2.35. The molecule has 0 amide bonds. The molecule has 0 fully saturated rings. The Morgan fingerprint density at radius 3 is 2.28 bits per heavy atom. The van der Waals surface area contributed by atoms with Gasteiger partial charge in [0.05, 0.1) is 0 Å². The highest BCUT2D eigenvalue weighted by atomic mass is 16.4. The maximum atomic E-state index is 11.5. The number of carbonyl (C=O) groups is 1. The number of rotatable bonds is 9. The summed E-state index contributed by atoms with van der Waals surface area (Å²) in [6, 6.07) is 3.57. The van der Waals surface area contributed by atoms with Crippen LogP contribution in [0.4, 0.5) is 0 Å². The third kappa shape index (κ3) is 5.55. The van der Waals surface area contributed by atoms with Crippen molar-refractivity contribution in [1.29, 1.82) is 0 Å². The zero-order chi connectivity index (χ0) is 21.8. The van der Waals surface area contributed by atoms with E-state index in [1.807, 2.05) is 0 Å². The number of hydrogen-bond acceptors (Lipinski definition) is 3. The van der Waals surface area contributed by atoms with E-state index in [0.29, 0.717) is 29.9 Å². The molecule has 1 aromatic carbocycles. The number of hydrogen-bond donors (Lipinski definition) is 3. The lowest BCUT2D eigenvalue weighted by Gasteiger charge is -2.35. The number of phenolic OH excluding ortho intramolecular Hbond substituents is 2. The maximum absolute atomic E-state index is 11.5. The molecule has 0 heterocycles. The summed E-state index contributed by atoms with van der Waals surface area (Å²) < 4.78 is 0. The zero-order valence-corrected chi connectivity index (χ0v) is 18.7. The Bertz CT molecular complexity index is 722. The molecule has 2 atom stereocenters. The van der Waals surface area contributed by atoms with Gasteiger partial charge in [-0.25, -0.2) is 4.79 Å². The van der Waals surface area contributed by atoms with Gasteiger partial charge in [0, 0.05) is 11.1 Å². The van der Waals surface area contributed by atoms with Gasteiger partial charge in [-0.15, -0.1) is 0 Å². The summed E-state index contributed by atoms with van der Waals surface area (Å²) in [5.41, 5.74) is 1.66. The van der Waals surface area contributed by atoms with Crippen molar-refractivity contribution in [3.63, 3.8) is 0 Å². The van der Waals surface area contributed by atoms with Crippen molar-refractivity contribution in [3.8, 4) is 11.5 Å². The first-order valence-electron chi connectivity index (χ1n) is 11.1. The summed E-state index contributed by atoms with van der Waals surface area (Å²) in [6.45, 7) is 10.7. The Hall–Kier alpha value is -1.97. The molecule has 4 heteroatoms. The largest absolute Gasteiger partial charge is 0.508 e. The molecule has 2 rings (SSSR count). The second-order valence-electron chi connectivity index (χ2n) is 9.61. The Morgan fingerprint density at radius 2 is 1.76 bits per heavy atom. The highest BCUT2D eigenvalue weighted by Crippen LogP contribution is 2.49. The molecule has 0 unspecified atom stereocenters. The molecule has 0 aromatic heterocycles. The lowest BCUT2D eigenvalue weighted by molar-refractivity contribution is -0.133. The highest BCUT2D eigenvalue weighted by molar-refractivity contribution is 5.87. The van der Waals surface area contributed by atoms with Crippen molar-refractivity contribution >= 4 is 5.97 Å². The number of carboxylic acid groups (broad SMARTS) is 1. The smallest absolute Gasteiger partial charge is 0.331 e. The number of phenols is 2. The summed E-state index contributed by atoms with van der Waals surface area (Å²) in [6.07, 6.45) is 8.51. The van der Waals surface area contributed by atoms with E-state index in [4.69, 9.17) is 0 Å². The summed E-state index contributed by atoms with van der Waals surface area (Å²) in [7, 11) is 0. The van der Waals surface area contributed by atoms with Crippen LogP contribution in [0.1, 0.15) is 96.6 Å². The average molecular weight is 403 g/mol. The van der Waals surface area contributed by atoms with E-state index >= 15 is 0 Å². The van der Waals surface area contributed by atoms with Gasteiger partial charge < -0.3 is 15.3 Å². The molecule has 3 N–H and O–H groups in total. The molecule has 0 saturated heterocycles. The fourth-order valence-corrected chi connectivity index (χ4v) is 4.67. The van der Waals surface area contributed by atoms with E-state index in [1.165, 1.54) is 19.3 Å². The average Bonchev–Trinajstić information content (AvgIpc) is 2.64. The SMILES string of the molecule is CCCCCCC(C)(C)c1cc(O)c([C@@H]2CC(C(=O)O)=CC[C@H]2C(C)C)c(O)c1. The van der Waals surface area contributed by atoms with Gasteiger partial charge in [-0.05, 0) is 60.1 Å². The molecule has 1 aromatic rings. The van der Waals surface area contributed by atoms with Gasteiger partial charge in [0.25, 0.3) is 0 Å². The van der Waals surface area contributed by atoms with Gasteiger partial charge >= 0.3 is 5.97 Å². The molecule has 4 nitrogen and oxygen atoms in total. The summed E-state index contributed by atoms with van der Waals surface area (Å²) in [5.74, 6) is -0.440. The van der Waals surface area contributed by atoms with Gasteiger partial charge in [0.1, 0.15) is 11.5 Å². The lowest BCUT2D eigenvalue weighted by atomic mass is 9.70. The molecular weight excluding hydrogens is 364 g/mol. The first-order valence-corrected chi connectivity index (χ1v) is 11.1. The number of benzene rings is 1. The molecule has 162 valence electrons. The van der Waals surface area contributed by atoms with Gasteiger partial charge in [0.2, 0.25) is 0 Å². The second kappa shape index (κ2) is 9.69. The lowest BCUT2D eigenvalue weighted by Crippen LogP contribution is -2.25. The third-order valence-corrected chi connectivity index (χ3v) is 6.67. The van der Waals surface area contributed by atoms with Gasteiger partial charge in [-0.2, -0.15) is 0 Å². The van der Waals surface area contributed by atoms with Gasteiger partial charge in [-0.3, -0.25) is 0 Å². The van der Waals surface area contributed by atoms with Crippen LogP contribution >= 0.6 is 0 Å². The number of aromatic hydroxyl groups is 2. The summed E-state index contributed by atoms with van der Waals surface area (Å²) >= 11 is 0. The minimum atomic E-state index is -0.916. The molecule has 29 heavy (non-hydrogen) atoms. The molecule has 0 spiro atoms. The minimum Gasteiger partial charge on any atom is -0.508 e. The van der Waals surface area contributed by atoms with E-state index < -0.39 is 5.97 Å². The number of allylic oxidation sites excluding steroid dienone is 1. The predicted molar refractivity (Wildman–Crippen MR) is 118 cm³/mol. The van der Waals surface area contributed by atoms with Crippen molar-refractivity contribution < 1.29 is 20.1 Å². The molecule has 0 aliphatic heterocycles. The minimum absolute atomic E-state index is 0.0870. The van der Waals surface area contributed by atoms with Gasteiger partial charge in [-0.1, -0.05) is 66.4 Å². The van der Waals surface area contributed by atoms with E-state index in [0.717, 1.165) is 18.4 Å². The van der Waals surface area contributed by atoms with E-state index in [9.17, 15) is 20.1 Å². The van der Waals surface area contributed by atoms with Crippen LogP contribution in [0.3, 0.4) is 0 Å². The quantitative estimate of drug-likeness (QED) is 0.412. The van der Waals surface area contributed by atoms with Crippen LogP contribution < -0.4 is 0 Å². The van der Waals surface area contributed by atoms with E-state index in [2.05, 4.69) is 34.6 Å². The van der Waals surface area contributed by atoms with Crippen molar-refractivity contribution in [2.45, 2.75) is 90.9 Å². The topological polar surface area (TPSA) is 77.8 Å². The van der Waals surface area contributed by atoms with Crippen LogP contribution in [0.5, 0.6) is 11.5 Å². The van der Waals surface area contributed by atoms with Crippen LogP contribution in [0, 0.1) is 11.8 Å². The van der Waals surface area contributed by atoms with E-state index in [1.54, 1.807) is 18.2 Å². The Balaban J connectivity index is 2.34. The fraction of sp³-hybridized carbons (Fsp3) is 0.640. The van der Waals surface area contributed by atoms with Crippen LogP contribution in [0.15, 0.2) is 23.8 Å². The predicted octanol–water partition coefficient (Wildman–Crippen LogP) is 6.51. The number of unbranched alkanes of at least 4 members (excludes halogenated alkanes) is 3. The van der Waals surface area contributed by atoms with Crippen LogP contribution in [-0.4, -0.2) is 21.3 Å². The molecule has 0 radical (unpaired) electrons. The number of carboxylic acids is 1. The Labute approximate surface area is 175 Å². The standard InChI is InChI=1S/C25H38O4/c1-6-7-8-9-12-25(4,5)18-14-21(26)23(22(27)15-18)20-13-17(24(28)29)10-11-19(20)16(2)3/h10,14-16,19-20,26-27H,6-9,11-13H2,1-5H3,(H,28,29)/t19-,20+/m0/s1. The van der Waals surface area contributed by atoms with Crippen molar-refractivity contribution in [3.05, 3.63) is 34.9 Å². The normalized spacial score (nSPS) is 20.0. The van der Waals surface area contributed by atoms with Crippen molar-refractivity contribution in [2.75, 3.05) is 0 Å². The summed E-state index contributed by atoms with van der Waals surface area (Å²) in [5, 5.41) is 31.2. The first kappa shape index (κ1) is 23.3. The first-order chi connectivity index (χ1) is 13.6. The second-order valence-corrected chi connectivity index (χ2v) is 9.61. The van der Waals surface area contributed by atoms with Gasteiger partial charge in [0.15, 0.2) is 0 Å². The van der Waals surface area contributed by atoms with E-state index in [-0.39, 0.29) is 28.7 Å². The number of aliphatic carboxylic acids is 1. The van der Waals surface area contributed by atoms with Crippen LogP contribution in [-0.2, 0) is 10.2 Å². The Kier molecular flexibility index (Phi) is 7.79. The molecule has 0 saturated carbocycles. The van der Waals surface area contributed by atoms with Crippen LogP contribution in [0.2, 0.25) is 0 Å². The molecule has 1 aliphatic carbocycles. The third-order valence-electron chi connectivity index (χ3n) is 6.67. The summed E-state index contributed by atoms with van der Waals surface area (Å²) in [4.78, 5) is 11.5. The molecule has 1 aliphatic rings. The molecule has 0 bridgehead atoms. The fourth-order valence-electron chi connectivity index (χ4n) is 4.67. The van der Waals surface area contributed by atoms with Crippen LogP contribution in [0.25, 0.3) is 0 Å². The zero-order valence-electron chi connectivity index (χ0n) is 18.7. The maximum Gasteiger partial charge on any atom is 0.331 e. The van der Waals surface area contributed by atoms with Crippen molar-refractivity contribution in [1.82, 2.24) is 0 Å².